The molecule has 4 atom stereocenters. The number of nitrogens with one attached hydrogen (secondary N) is 1. The van der Waals surface area contributed by atoms with E-state index in [0.29, 0.717) is 0 Å². The predicted molar refractivity (Wildman–Crippen MR) is 63.6 cm³/mol. The number of anilines is 1. The summed E-state index contributed by atoms with van der Waals surface area (Å²) in [7, 11) is 0. The van der Waals surface area contributed by atoms with E-state index in [2.05, 4.69) is 15.1 Å². The van der Waals surface area contributed by atoms with Crippen molar-refractivity contribution in [3.05, 3.63) is 22.2 Å². The van der Waals surface area contributed by atoms with E-state index in [-0.39, 0.29) is 17.3 Å². The zero-order valence-electron chi connectivity index (χ0n) is 10.1. The largest absolute Gasteiger partial charge is 0.394 e. The molecule has 2 aromatic heterocycles. The van der Waals surface area contributed by atoms with Gasteiger partial charge in [-0.05, 0) is 0 Å². The molecule has 3 heterocycles. The van der Waals surface area contributed by atoms with E-state index >= 15 is 0 Å². The molecule has 0 saturated carbocycles. The quantitative estimate of drug-likeness (QED) is 0.507. The number of aromatic amines is 1. The van der Waals surface area contributed by atoms with E-state index in [0.717, 1.165) is 4.52 Å². The zero-order chi connectivity index (χ0) is 14.4. The van der Waals surface area contributed by atoms with Crippen LogP contribution in [0.4, 0.5) is 10.3 Å². The summed E-state index contributed by atoms with van der Waals surface area (Å²) in [5.41, 5.74) is 4.93. The molecule has 10 heteroatoms. The molecule has 0 amide bonds. The molecule has 0 aromatic carbocycles. The van der Waals surface area contributed by atoms with Gasteiger partial charge in [0.2, 0.25) is 11.6 Å². The third kappa shape index (κ3) is 1.77. The van der Waals surface area contributed by atoms with Gasteiger partial charge in [0.05, 0.1) is 18.5 Å². The topological polar surface area (TPSA) is 139 Å². The van der Waals surface area contributed by atoms with Crippen molar-refractivity contribution in [1.29, 1.82) is 0 Å². The summed E-state index contributed by atoms with van der Waals surface area (Å²) >= 11 is 0. The first-order chi connectivity index (χ1) is 9.52. The van der Waals surface area contributed by atoms with Gasteiger partial charge < -0.3 is 20.7 Å². The van der Waals surface area contributed by atoms with Crippen molar-refractivity contribution < 1.29 is 19.3 Å². The molecule has 20 heavy (non-hydrogen) atoms. The lowest BCUT2D eigenvalue weighted by Gasteiger charge is -2.11. The predicted octanol–water partition coefficient (Wildman–Crippen LogP) is -1.87. The number of ether oxygens (including phenoxy) is 1. The monoisotopic (exact) mass is 285 g/mol. The number of halogens is 1. The van der Waals surface area contributed by atoms with Gasteiger partial charge in [-0.1, -0.05) is 0 Å². The van der Waals surface area contributed by atoms with Gasteiger partial charge in [0, 0.05) is 0 Å². The minimum absolute atomic E-state index is 0.0630. The highest BCUT2D eigenvalue weighted by Crippen LogP contribution is 2.35. The maximum Gasteiger partial charge on any atom is 0.295 e. The number of nitrogen functional groups attached to an aromatic ring is 1. The third-order valence-corrected chi connectivity index (χ3v) is 3.21. The fourth-order valence-electron chi connectivity index (χ4n) is 2.23. The van der Waals surface area contributed by atoms with Crippen molar-refractivity contribution in [3.63, 3.8) is 0 Å². The Bertz CT molecular complexity index is 701. The van der Waals surface area contributed by atoms with Crippen LogP contribution in [0.1, 0.15) is 11.8 Å². The Labute approximate surface area is 110 Å². The van der Waals surface area contributed by atoms with Crippen LogP contribution in [-0.4, -0.2) is 54.8 Å². The highest BCUT2D eigenvalue weighted by molar-refractivity contribution is 5.38. The molecular weight excluding hydrogens is 273 g/mol. The number of imidazole rings is 1. The van der Waals surface area contributed by atoms with Gasteiger partial charge in [-0.25, -0.2) is 13.9 Å². The SMILES string of the molecule is Nc1nn2c(C3O[C@H](CO)[C@@H](O)[C@H]3F)cnc2c(=O)[nH]1. The van der Waals surface area contributed by atoms with Crippen molar-refractivity contribution in [1.82, 2.24) is 19.6 Å². The van der Waals surface area contributed by atoms with Crippen molar-refractivity contribution in [3.8, 4) is 0 Å². The van der Waals surface area contributed by atoms with Crippen LogP contribution in [0, 0.1) is 0 Å². The smallest absolute Gasteiger partial charge is 0.295 e. The van der Waals surface area contributed by atoms with Gasteiger partial charge >= 0.3 is 0 Å². The van der Waals surface area contributed by atoms with Crippen LogP contribution in [0.25, 0.3) is 5.65 Å². The van der Waals surface area contributed by atoms with Gasteiger partial charge in [-0.15, -0.1) is 5.10 Å². The van der Waals surface area contributed by atoms with E-state index in [1.807, 2.05) is 0 Å². The first kappa shape index (κ1) is 13.0. The second-order valence-electron chi connectivity index (χ2n) is 4.47. The second-order valence-corrected chi connectivity index (χ2v) is 4.47. The number of aliphatic hydroxyl groups excluding tert-OH is 2. The second kappa shape index (κ2) is 4.51. The number of H-pyrrole nitrogens is 1. The van der Waals surface area contributed by atoms with Gasteiger partial charge in [-0.3, -0.25) is 9.78 Å². The van der Waals surface area contributed by atoms with Crippen molar-refractivity contribution in [2.45, 2.75) is 24.5 Å². The van der Waals surface area contributed by atoms with Crippen LogP contribution in [0.2, 0.25) is 0 Å². The highest BCUT2D eigenvalue weighted by Gasteiger charge is 2.46. The Kier molecular flexibility index (Phi) is 2.92. The molecule has 108 valence electrons. The van der Waals surface area contributed by atoms with Crippen molar-refractivity contribution in [2.75, 3.05) is 12.3 Å². The first-order valence-electron chi connectivity index (χ1n) is 5.85. The average Bonchev–Trinajstić information content (AvgIpc) is 2.93. The molecule has 0 aliphatic carbocycles. The molecule has 0 bridgehead atoms. The zero-order valence-corrected chi connectivity index (χ0v) is 10.1. The van der Waals surface area contributed by atoms with E-state index in [1.54, 1.807) is 0 Å². The van der Waals surface area contributed by atoms with Crippen LogP contribution in [0.5, 0.6) is 0 Å². The summed E-state index contributed by atoms with van der Waals surface area (Å²) in [4.78, 5) is 17.7. The molecule has 5 N–H and O–H groups in total. The standard InChI is InChI=1S/C10H12FN5O4/c11-5-6(18)4(2-17)20-7(5)3-1-13-8-9(19)14-10(12)15-16(3)8/h1,4-7,17-18H,2H2,(H3,12,14,15,19)/t4-,5-,6-,7?/m1/s1. The Morgan fingerprint density at radius 1 is 1.60 bits per heavy atom. The molecule has 3 rings (SSSR count). The lowest BCUT2D eigenvalue weighted by molar-refractivity contribution is -0.0241. The number of alkyl halides is 1. The molecule has 0 spiro atoms. The minimum atomic E-state index is -1.77. The summed E-state index contributed by atoms with van der Waals surface area (Å²) in [6.45, 7) is -0.523. The van der Waals surface area contributed by atoms with Gasteiger partial charge in [-0.2, -0.15) is 0 Å². The lowest BCUT2D eigenvalue weighted by Crippen LogP contribution is -2.30. The van der Waals surface area contributed by atoms with Gasteiger partial charge in [0.1, 0.15) is 18.3 Å². The van der Waals surface area contributed by atoms with E-state index < -0.39 is 36.6 Å². The molecule has 2 aromatic rings. The normalized spacial score (nSPS) is 30.1. The Morgan fingerprint density at radius 2 is 2.35 bits per heavy atom. The van der Waals surface area contributed by atoms with E-state index in [4.69, 9.17) is 15.6 Å². The summed E-state index contributed by atoms with van der Waals surface area (Å²) in [6, 6.07) is 0. The van der Waals surface area contributed by atoms with E-state index in [1.165, 1.54) is 6.20 Å². The molecule has 1 saturated heterocycles. The molecule has 9 nitrogen and oxygen atoms in total. The number of nitrogens with zero attached hydrogens (tertiary/aromatic N) is 3. The molecule has 1 fully saturated rings. The summed E-state index contributed by atoms with van der Waals surface area (Å²) in [5.74, 6) is -0.158. The summed E-state index contributed by atoms with van der Waals surface area (Å²) in [6.07, 6.45) is -4.24. The first-order valence-corrected chi connectivity index (χ1v) is 5.85. The molecule has 0 radical (unpaired) electrons. The highest BCUT2D eigenvalue weighted by atomic mass is 19.1. The number of rotatable bonds is 2. The Morgan fingerprint density at radius 3 is 3.00 bits per heavy atom. The lowest BCUT2D eigenvalue weighted by atomic mass is 10.1. The fourth-order valence-corrected chi connectivity index (χ4v) is 2.23. The van der Waals surface area contributed by atoms with Crippen LogP contribution >= 0.6 is 0 Å². The summed E-state index contributed by atoms with van der Waals surface area (Å²) < 4.78 is 20.3. The Hall–Kier alpha value is -2.04. The maximum absolute atomic E-state index is 14.0. The summed E-state index contributed by atoms with van der Waals surface area (Å²) in [5, 5.41) is 22.4. The van der Waals surface area contributed by atoms with Crippen molar-refractivity contribution >= 4 is 11.6 Å². The molecule has 1 aliphatic rings. The Balaban J connectivity index is 2.09. The maximum atomic E-state index is 14.0. The van der Waals surface area contributed by atoms with Crippen LogP contribution in [0.3, 0.4) is 0 Å². The molecular formula is C10H12FN5O4. The van der Waals surface area contributed by atoms with Crippen LogP contribution in [-0.2, 0) is 4.74 Å². The number of nitrogens with two attached hydrogens (primary N) is 1. The van der Waals surface area contributed by atoms with Crippen LogP contribution in [0.15, 0.2) is 11.0 Å². The number of aliphatic hydroxyl groups is 2. The molecule has 1 aliphatic heterocycles. The van der Waals surface area contributed by atoms with E-state index in [9.17, 15) is 14.3 Å². The van der Waals surface area contributed by atoms with Crippen molar-refractivity contribution in [2.24, 2.45) is 0 Å². The number of aromatic nitrogens is 4. The van der Waals surface area contributed by atoms with Crippen LogP contribution < -0.4 is 11.3 Å². The number of fused-ring (bicyclic) bond motifs is 1. The number of hydrogen-bond donors (Lipinski definition) is 4. The average molecular weight is 285 g/mol. The third-order valence-electron chi connectivity index (χ3n) is 3.21. The number of hydrogen-bond acceptors (Lipinski definition) is 7. The fraction of sp³-hybridized carbons (Fsp3) is 0.500. The minimum Gasteiger partial charge on any atom is -0.394 e. The molecule has 1 unspecified atom stereocenters. The van der Waals surface area contributed by atoms with Gasteiger partial charge in [0.15, 0.2) is 6.17 Å². The van der Waals surface area contributed by atoms with Gasteiger partial charge in [0.25, 0.3) is 5.56 Å².